The molecule has 0 aliphatic carbocycles. The molecule has 0 atom stereocenters. The fourth-order valence-corrected chi connectivity index (χ4v) is 2.06. The van der Waals surface area contributed by atoms with Crippen molar-refractivity contribution in [3.8, 4) is 22.8 Å². The summed E-state index contributed by atoms with van der Waals surface area (Å²) in [6.45, 7) is 0. The Kier molecular flexibility index (Phi) is 6.02. The molecule has 24 heavy (non-hydrogen) atoms. The second kappa shape index (κ2) is 8.43. The van der Waals surface area contributed by atoms with E-state index >= 15 is 0 Å². The van der Waals surface area contributed by atoms with Crippen LogP contribution in [0.1, 0.15) is 10.4 Å². The van der Waals surface area contributed by atoms with Crippen molar-refractivity contribution < 1.29 is 23.8 Å². The highest BCUT2D eigenvalue weighted by Gasteiger charge is 2.16. The van der Waals surface area contributed by atoms with Crippen LogP contribution in [0.25, 0.3) is 11.3 Å². The molecule has 0 unspecified atom stereocenters. The Labute approximate surface area is 140 Å². The maximum absolute atomic E-state index is 11.0. The van der Waals surface area contributed by atoms with Crippen LogP contribution in [0.15, 0.2) is 71.3 Å². The van der Waals surface area contributed by atoms with Crippen molar-refractivity contribution in [1.82, 2.24) is 0 Å². The van der Waals surface area contributed by atoms with E-state index in [1.807, 2.05) is 36.4 Å². The molecule has 0 fully saturated rings. The second-order valence-electron chi connectivity index (χ2n) is 4.69. The first kappa shape index (κ1) is 17.1. The van der Waals surface area contributed by atoms with Gasteiger partial charge in [0, 0.05) is 5.56 Å². The zero-order chi connectivity index (χ0) is 17.4. The fourth-order valence-electron chi connectivity index (χ4n) is 2.06. The molecular weight excluding hydrogens is 308 g/mol. The number of rotatable bonds is 4. The van der Waals surface area contributed by atoms with E-state index in [0.717, 1.165) is 0 Å². The Morgan fingerprint density at radius 1 is 0.917 bits per heavy atom. The van der Waals surface area contributed by atoms with Gasteiger partial charge in [0.15, 0.2) is 11.5 Å². The highest BCUT2D eigenvalue weighted by molar-refractivity contribution is 5.94. The summed E-state index contributed by atoms with van der Waals surface area (Å²) in [6.07, 6.45) is 1.34. The first-order valence-corrected chi connectivity index (χ1v) is 7.20. The van der Waals surface area contributed by atoms with Crippen molar-refractivity contribution >= 4 is 5.97 Å². The minimum atomic E-state index is -1.03. The van der Waals surface area contributed by atoms with Crippen LogP contribution in [0.2, 0.25) is 0 Å². The van der Waals surface area contributed by atoms with Crippen molar-refractivity contribution in [1.29, 1.82) is 0 Å². The molecular formula is C19H18O5. The van der Waals surface area contributed by atoms with E-state index in [4.69, 9.17) is 19.0 Å². The number of ether oxygens (including phenoxy) is 2. The van der Waals surface area contributed by atoms with Gasteiger partial charge in [0.05, 0.1) is 20.5 Å². The Bertz CT molecular complexity index is 751. The van der Waals surface area contributed by atoms with E-state index in [1.165, 1.54) is 26.5 Å². The van der Waals surface area contributed by atoms with Crippen LogP contribution in [0, 0.1) is 0 Å². The van der Waals surface area contributed by atoms with Crippen molar-refractivity contribution in [2.45, 2.75) is 0 Å². The quantitative estimate of drug-likeness (QED) is 0.772. The number of benzene rings is 2. The van der Waals surface area contributed by atoms with Crippen LogP contribution in [-0.4, -0.2) is 25.3 Å². The summed E-state index contributed by atoms with van der Waals surface area (Å²) in [5.74, 6) is 0.351. The number of hydrogen-bond acceptors (Lipinski definition) is 4. The summed E-state index contributed by atoms with van der Waals surface area (Å²) in [5, 5.41) is 9.03. The van der Waals surface area contributed by atoms with Crippen LogP contribution in [0.4, 0.5) is 0 Å². The summed E-state index contributed by atoms with van der Waals surface area (Å²) in [5.41, 5.74) is 0.734. The largest absolute Gasteiger partial charge is 0.493 e. The van der Waals surface area contributed by atoms with Gasteiger partial charge in [-0.25, -0.2) is 4.79 Å². The summed E-state index contributed by atoms with van der Waals surface area (Å²) < 4.78 is 15.5. The van der Waals surface area contributed by atoms with Crippen LogP contribution >= 0.6 is 0 Å². The van der Waals surface area contributed by atoms with Gasteiger partial charge >= 0.3 is 5.97 Å². The summed E-state index contributed by atoms with van der Waals surface area (Å²) in [6, 6.07) is 18.5. The van der Waals surface area contributed by atoms with Gasteiger partial charge in [-0.15, -0.1) is 0 Å². The van der Waals surface area contributed by atoms with Gasteiger partial charge in [-0.2, -0.15) is 0 Å². The minimum absolute atomic E-state index is 0.113. The van der Waals surface area contributed by atoms with Crippen LogP contribution in [0.3, 0.4) is 0 Å². The lowest BCUT2D eigenvalue weighted by Gasteiger charge is -2.08. The molecule has 3 aromatic rings. The maximum atomic E-state index is 11.0. The first-order chi connectivity index (χ1) is 11.7. The van der Waals surface area contributed by atoms with E-state index in [0.29, 0.717) is 22.8 Å². The molecule has 1 N–H and O–H groups in total. The SMILES string of the molecule is COc1ccc(-c2occc2C(=O)O)cc1OC.c1ccccc1. The molecule has 0 saturated carbocycles. The number of aromatic carboxylic acids is 1. The zero-order valence-electron chi connectivity index (χ0n) is 13.4. The van der Waals surface area contributed by atoms with E-state index in [9.17, 15) is 4.79 Å². The van der Waals surface area contributed by atoms with Crippen LogP contribution < -0.4 is 9.47 Å². The number of carbonyl (C=O) groups is 1. The lowest BCUT2D eigenvalue weighted by molar-refractivity contribution is 0.0697. The average molecular weight is 326 g/mol. The van der Waals surface area contributed by atoms with Crippen molar-refractivity contribution in [2.24, 2.45) is 0 Å². The third kappa shape index (κ3) is 4.16. The Hall–Kier alpha value is -3.21. The monoisotopic (exact) mass is 326 g/mol. The van der Waals surface area contributed by atoms with Gasteiger partial charge in [0.1, 0.15) is 11.3 Å². The van der Waals surface area contributed by atoms with E-state index in [2.05, 4.69) is 0 Å². The second-order valence-corrected chi connectivity index (χ2v) is 4.69. The minimum Gasteiger partial charge on any atom is -0.493 e. The molecule has 0 spiro atoms. The molecule has 5 heteroatoms. The molecule has 0 aliphatic heterocycles. The number of hydrogen-bond donors (Lipinski definition) is 1. The van der Waals surface area contributed by atoms with E-state index in [1.54, 1.807) is 18.2 Å². The van der Waals surface area contributed by atoms with Crippen LogP contribution in [-0.2, 0) is 0 Å². The molecule has 0 bridgehead atoms. The van der Waals surface area contributed by atoms with Gasteiger partial charge in [0.2, 0.25) is 0 Å². The molecule has 5 nitrogen and oxygen atoms in total. The predicted molar refractivity (Wildman–Crippen MR) is 90.6 cm³/mol. The Morgan fingerprint density at radius 2 is 1.50 bits per heavy atom. The number of carboxylic acids is 1. The predicted octanol–water partition coefficient (Wildman–Crippen LogP) is 4.35. The standard InChI is InChI=1S/C13H12O5.C6H6/c1-16-10-4-3-8(7-11(10)17-2)12-9(13(14)15)5-6-18-12;1-2-4-6-5-3-1/h3-7H,1-2H3,(H,14,15);1-6H. The topological polar surface area (TPSA) is 68.9 Å². The smallest absolute Gasteiger partial charge is 0.339 e. The molecule has 1 aromatic heterocycles. The zero-order valence-corrected chi connectivity index (χ0v) is 13.4. The van der Waals surface area contributed by atoms with Crippen LogP contribution in [0.5, 0.6) is 11.5 Å². The fraction of sp³-hybridized carbons (Fsp3) is 0.105. The average Bonchev–Trinajstić information content (AvgIpc) is 3.13. The number of methoxy groups -OCH3 is 2. The summed E-state index contributed by atoms with van der Waals surface area (Å²) >= 11 is 0. The van der Waals surface area contributed by atoms with Gasteiger partial charge in [-0.3, -0.25) is 0 Å². The highest BCUT2D eigenvalue weighted by atomic mass is 16.5. The third-order valence-corrected chi connectivity index (χ3v) is 3.21. The number of carboxylic acid groups (broad SMARTS) is 1. The van der Waals surface area contributed by atoms with Crippen molar-refractivity contribution in [3.05, 3.63) is 72.5 Å². The van der Waals surface area contributed by atoms with Crippen molar-refractivity contribution in [2.75, 3.05) is 14.2 Å². The lowest BCUT2D eigenvalue weighted by Crippen LogP contribution is -1.96. The third-order valence-electron chi connectivity index (χ3n) is 3.21. The molecule has 124 valence electrons. The molecule has 0 amide bonds. The van der Waals surface area contributed by atoms with Crippen molar-refractivity contribution in [3.63, 3.8) is 0 Å². The lowest BCUT2D eigenvalue weighted by atomic mass is 10.1. The summed E-state index contributed by atoms with van der Waals surface area (Å²) in [4.78, 5) is 11.0. The molecule has 2 aromatic carbocycles. The van der Waals surface area contributed by atoms with Gasteiger partial charge in [0.25, 0.3) is 0 Å². The normalized spacial score (nSPS) is 9.58. The Morgan fingerprint density at radius 3 is 2.00 bits per heavy atom. The number of furan rings is 1. The molecule has 0 saturated heterocycles. The first-order valence-electron chi connectivity index (χ1n) is 7.20. The molecule has 0 radical (unpaired) electrons. The van der Waals surface area contributed by atoms with Gasteiger partial charge in [-0.1, -0.05) is 36.4 Å². The highest BCUT2D eigenvalue weighted by Crippen LogP contribution is 2.34. The molecule has 0 aliphatic rings. The Balaban J connectivity index is 0.000000292. The van der Waals surface area contributed by atoms with E-state index < -0.39 is 5.97 Å². The molecule has 3 rings (SSSR count). The van der Waals surface area contributed by atoms with E-state index in [-0.39, 0.29) is 5.56 Å². The van der Waals surface area contributed by atoms with Gasteiger partial charge < -0.3 is 19.0 Å². The summed E-state index contributed by atoms with van der Waals surface area (Å²) in [7, 11) is 3.05. The molecule has 1 heterocycles. The van der Waals surface area contributed by atoms with Gasteiger partial charge in [-0.05, 0) is 24.3 Å². The maximum Gasteiger partial charge on any atom is 0.339 e.